The van der Waals surface area contributed by atoms with E-state index in [9.17, 15) is 0 Å². The van der Waals surface area contributed by atoms with E-state index in [1.807, 2.05) is 6.07 Å². The highest BCUT2D eigenvalue weighted by Crippen LogP contribution is 2.24. The van der Waals surface area contributed by atoms with Crippen molar-refractivity contribution >= 4 is 11.5 Å². The zero-order valence-electron chi connectivity index (χ0n) is 14.1. The van der Waals surface area contributed by atoms with Crippen LogP contribution in [0.25, 0.3) is 5.65 Å². The second kappa shape index (κ2) is 6.06. The van der Waals surface area contributed by atoms with Crippen molar-refractivity contribution in [2.24, 2.45) is 0 Å². The summed E-state index contributed by atoms with van der Waals surface area (Å²) in [5.41, 5.74) is 2.33. The van der Waals surface area contributed by atoms with E-state index in [1.165, 1.54) is 5.69 Å². The molecule has 0 aromatic carbocycles. The predicted molar refractivity (Wildman–Crippen MR) is 89.9 cm³/mol. The van der Waals surface area contributed by atoms with Crippen molar-refractivity contribution in [3.8, 4) is 0 Å². The van der Waals surface area contributed by atoms with Crippen LogP contribution in [0.2, 0.25) is 0 Å². The van der Waals surface area contributed by atoms with E-state index in [0.29, 0.717) is 6.04 Å². The van der Waals surface area contributed by atoms with Crippen LogP contribution in [-0.2, 0) is 6.54 Å². The molecule has 2 aromatic heterocycles. The Hall–Kier alpha value is -1.55. The van der Waals surface area contributed by atoms with E-state index in [2.05, 4.69) is 74.5 Å². The van der Waals surface area contributed by atoms with Gasteiger partial charge in [-0.3, -0.25) is 0 Å². The molecule has 116 valence electrons. The number of hydrogen-bond acceptors (Lipinski definition) is 3. The molecule has 4 nitrogen and oxygen atoms in total. The average Bonchev–Trinajstić information content (AvgIpc) is 2.74. The van der Waals surface area contributed by atoms with Crippen LogP contribution in [0.5, 0.6) is 0 Å². The summed E-state index contributed by atoms with van der Waals surface area (Å²) in [6.45, 7) is 15.0. The molecule has 0 atom stereocenters. The van der Waals surface area contributed by atoms with Gasteiger partial charge in [-0.15, -0.1) is 0 Å². The number of rotatable bonds is 5. The van der Waals surface area contributed by atoms with Gasteiger partial charge in [0.1, 0.15) is 5.65 Å². The Bertz CT molecular complexity index is 592. The second-order valence-corrected chi connectivity index (χ2v) is 6.79. The lowest BCUT2D eigenvalue weighted by atomic mass is 10.1. The standard InChI is InChI=1S/C17H28N4/c1-7-20(13(2)3)16-14(12-18-17(4,5)6)21-11-9-8-10-15(21)19-16/h8-11,13,18H,7,12H2,1-6H3. The van der Waals surface area contributed by atoms with Gasteiger partial charge in [0.2, 0.25) is 0 Å². The molecule has 0 aliphatic rings. The van der Waals surface area contributed by atoms with Crippen molar-refractivity contribution in [1.29, 1.82) is 0 Å². The number of nitrogens with zero attached hydrogens (tertiary/aromatic N) is 3. The molecule has 0 aliphatic carbocycles. The zero-order valence-corrected chi connectivity index (χ0v) is 14.1. The van der Waals surface area contributed by atoms with Gasteiger partial charge >= 0.3 is 0 Å². The van der Waals surface area contributed by atoms with Gasteiger partial charge in [0, 0.05) is 30.9 Å². The van der Waals surface area contributed by atoms with Crippen molar-refractivity contribution in [2.75, 3.05) is 11.4 Å². The molecule has 21 heavy (non-hydrogen) atoms. The number of pyridine rings is 1. The molecule has 0 saturated carbocycles. The molecular weight excluding hydrogens is 260 g/mol. The summed E-state index contributed by atoms with van der Waals surface area (Å²) in [7, 11) is 0. The van der Waals surface area contributed by atoms with Crippen LogP contribution < -0.4 is 10.2 Å². The van der Waals surface area contributed by atoms with Gasteiger partial charge in [-0.05, 0) is 53.7 Å². The molecule has 0 fully saturated rings. The third kappa shape index (κ3) is 3.56. The molecule has 2 heterocycles. The third-order valence-corrected chi connectivity index (χ3v) is 3.63. The quantitative estimate of drug-likeness (QED) is 0.914. The molecule has 0 radical (unpaired) electrons. The number of fused-ring (bicyclic) bond motifs is 1. The highest BCUT2D eigenvalue weighted by atomic mass is 15.2. The van der Waals surface area contributed by atoms with Gasteiger partial charge in [-0.1, -0.05) is 6.07 Å². The van der Waals surface area contributed by atoms with Crippen LogP contribution in [0, 0.1) is 0 Å². The SMILES string of the molecule is CCN(c1nc2ccccn2c1CNC(C)(C)C)C(C)C. The highest BCUT2D eigenvalue weighted by molar-refractivity contribution is 5.56. The summed E-state index contributed by atoms with van der Waals surface area (Å²) in [5, 5.41) is 3.59. The van der Waals surface area contributed by atoms with Crippen molar-refractivity contribution < 1.29 is 0 Å². The number of anilines is 1. The Morgan fingerprint density at radius 3 is 2.57 bits per heavy atom. The Morgan fingerprint density at radius 1 is 1.29 bits per heavy atom. The fourth-order valence-corrected chi connectivity index (χ4v) is 2.54. The van der Waals surface area contributed by atoms with Gasteiger partial charge < -0.3 is 14.6 Å². The number of nitrogens with one attached hydrogen (secondary N) is 1. The molecule has 0 bridgehead atoms. The van der Waals surface area contributed by atoms with E-state index >= 15 is 0 Å². The monoisotopic (exact) mass is 288 g/mol. The predicted octanol–water partition coefficient (Wildman–Crippen LogP) is 3.46. The lowest BCUT2D eigenvalue weighted by Gasteiger charge is -2.27. The summed E-state index contributed by atoms with van der Waals surface area (Å²) in [5.74, 6) is 1.09. The van der Waals surface area contributed by atoms with Crippen LogP contribution in [0.4, 0.5) is 5.82 Å². The summed E-state index contributed by atoms with van der Waals surface area (Å²) in [4.78, 5) is 7.21. The van der Waals surface area contributed by atoms with Crippen LogP contribution >= 0.6 is 0 Å². The maximum Gasteiger partial charge on any atom is 0.152 e. The molecule has 1 N–H and O–H groups in total. The molecule has 0 aliphatic heterocycles. The average molecular weight is 288 g/mol. The van der Waals surface area contributed by atoms with Gasteiger partial charge in [0.15, 0.2) is 5.82 Å². The van der Waals surface area contributed by atoms with E-state index in [1.54, 1.807) is 0 Å². The minimum atomic E-state index is 0.0884. The molecule has 4 heteroatoms. The molecule has 0 unspecified atom stereocenters. The van der Waals surface area contributed by atoms with E-state index in [4.69, 9.17) is 4.98 Å². The van der Waals surface area contributed by atoms with E-state index < -0.39 is 0 Å². The Labute approximate surface area is 128 Å². The second-order valence-electron chi connectivity index (χ2n) is 6.79. The highest BCUT2D eigenvalue weighted by Gasteiger charge is 2.20. The lowest BCUT2D eigenvalue weighted by molar-refractivity contribution is 0.420. The first-order chi connectivity index (χ1) is 9.83. The van der Waals surface area contributed by atoms with Crippen LogP contribution in [0.15, 0.2) is 24.4 Å². The maximum atomic E-state index is 4.85. The molecule has 0 spiro atoms. The number of hydrogen-bond donors (Lipinski definition) is 1. The van der Waals surface area contributed by atoms with Crippen molar-refractivity contribution in [2.45, 2.75) is 59.7 Å². The Balaban J connectivity index is 2.47. The van der Waals surface area contributed by atoms with Gasteiger partial charge in [-0.2, -0.15) is 0 Å². The summed E-state index contributed by atoms with van der Waals surface area (Å²) in [6, 6.07) is 6.61. The van der Waals surface area contributed by atoms with Crippen LogP contribution in [0.1, 0.15) is 47.2 Å². The molecule has 0 saturated heterocycles. The first-order valence-corrected chi connectivity index (χ1v) is 7.81. The van der Waals surface area contributed by atoms with Gasteiger partial charge in [-0.25, -0.2) is 4.98 Å². The van der Waals surface area contributed by atoms with Crippen molar-refractivity contribution in [1.82, 2.24) is 14.7 Å². The molecular formula is C17H28N4. The largest absolute Gasteiger partial charge is 0.353 e. The van der Waals surface area contributed by atoms with Crippen LogP contribution in [0.3, 0.4) is 0 Å². The van der Waals surface area contributed by atoms with Gasteiger partial charge in [0.25, 0.3) is 0 Å². The number of aromatic nitrogens is 2. The summed E-state index contributed by atoms with van der Waals surface area (Å²) in [6.07, 6.45) is 2.10. The van der Waals surface area contributed by atoms with E-state index in [0.717, 1.165) is 24.6 Å². The molecule has 2 aromatic rings. The smallest absolute Gasteiger partial charge is 0.152 e. The first-order valence-electron chi connectivity index (χ1n) is 7.81. The lowest BCUT2D eigenvalue weighted by Crippen LogP contribution is -2.37. The maximum absolute atomic E-state index is 4.85. The van der Waals surface area contributed by atoms with Crippen molar-refractivity contribution in [3.05, 3.63) is 30.1 Å². The Kier molecular flexibility index (Phi) is 4.57. The fraction of sp³-hybridized carbons (Fsp3) is 0.588. The number of imidazole rings is 1. The first kappa shape index (κ1) is 15.8. The summed E-state index contributed by atoms with van der Waals surface area (Å²) >= 11 is 0. The minimum absolute atomic E-state index is 0.0884. The molecule has 2 rings (SSSR count). The van der Waals surface area contributed by atoms with E-state index in [-0.39, 0.29) is 5.54 Å². The topological polar surface area (TPSA) is 32.6 Å². The minimum Gasteiger partial charge on any atom is -0.353 e. The van der Waals surface area contributed by atoms with Crippen molar-refractivity contribution in [3.63, 3.8) is 0 Å². The summed E-state index contributed by atoms with van der Waals surface area (Å²) < 4.78 is 2.19. The Morgan fingerprint density at radius 2 is 2.00 bits per heavy atom. The normalized spacial score (nSPS) is 12.3. The van der Waals surface area contributed by atoms with Gasteiger partial charge in [0.05, 0.1) is 5.69 Å². The molecule has 0 amide bonds. The third-order valence-electron chi connectivity index (χ3n) is 3.63. The zero-order chi connectivity index (χ0) is 15.6. The fourth-order valence-electron chi connectivity index (χ4n) is 2.54. The van der Waals surface area contributed by atoms with Crippen LogP contribution in [-0.4, -0.2) is 27.5 Å².